The number of hydrogen-bond acceptors (Lipinski definition) is 2. The summed E-state index contributed by atoms with van der Waals surface area (Å²) >= 11 is 0. The Balaban J connectivity index is 2.88. The van der Waals surface area contributed by atoms with E-state index in [1.54, 1.807) is 0 Å². The summed E-state index contributed by atoms with van der Waals surface area (Å²) < 4.78 is 13.3. The smallest absolute Gasteiger partial charge is 0.147 e. The Kier molecular flexibility index (Phi) is 2.78. The third-order valence-corrected chi connectivity index (χ3v) is 1.69. The quantitative estimate of drug-likeness (QED) is 0.697. The molecule has 1 heterocycles. The van der Waals surface area contributed by atoms with Crippen molar-refractivity contribution in [2.24, 2.45) is 0 Å². The zero-order chi connectivity index (χ0) is 9.14. The van der Waals surface area contributed by atoms with E-state index in [0.717, 1.165) is 6.42 Å². The molecule has 1 aromatic heterocycles. The van der Waals surface area contributed by atoms with Crippen LogP contribution in [0.15, 0.2) is 0 Å². The van der Waals surface area contributed by atoms with Gasteiger partial charge in [0, 0.05) is 12.3 Å². The van der Waals surface area contributed by atoms with Gasteiger partial charge in [-0.3, -0.25) is 0 Å². The number of hydrogen-bond donors (Lipinski definition) is 0. The van der Waals surface area contributed by atoms with Gasteiger partial charge in [-0.1, -0.05) is 25.3 Å². The summed E-state index contributed by atoms with van der Waals surface area (Å²) in [6, 6.07) is 0. The lowest BCUT2D eigenvalue weighted by Crippen LogP contribution is -1.99. The van der Waals surface area contributed by atoms with Gasteiger partial charge in [0.1, 0.15) is 0 Å². The van der Waals surface area contributed by atoms with E-state index in [4.69, 9.17) is 0 Å². The molecule has 12 heavy (non-hydrogen) atoms. The van der Waals surface area contributed by atoms with Crippen LogP contribution in [0, 0.1) is 0 Å². The van der Waals surface area contributed by atoms with Crippen LogP contribution in [0.2, 0.25) is 0 Å². The molecule has 1 rings (SSSR count). The highest BCUT2D eigenvalue weighted by atomic mass is 19.2. The van der Waals surface area contributed by atoms with E-state index in [1.807, 2.05) is 20.8 Å². The first-order valence-corrected chi connectivity index (χ1v) is 4.27. The first-order valence-electron chi connectivity index (χ1n) is 4.27. The van der Waals surface area contributed by atoms with Gasteiger partial charge in [0.05, 0.1) is 0 Å². The standard InChI is InChI=1S/C8H14FN3/c1-4-5-7-10-11-8(6(2)3)12(7)9/h6H,4-5H2,1-3H3. The lowest BCUT2D eigenvalue weighted by Gasteiger charge is -2.00. The summed E-state index contributed by atoms with van der Waals surface area (Å²) in [4.78, 5) is 0.605. The molecule has 0 unspecified atom stereocenters. The van der Waals surface area contributed by atoms with Gasteiger partial charge in [-0.15, -0.1) is 15.0 Å². The van der Waals surface area contributed by atoms with Crippen molar-refractivity contribution >= 4 is 0 Å². The highest BCUT2D eigenvalue weighted by Gasteiger charge is 2.13. The fraction of sp³-hybridized carbons (Fsp3) is 0.750. The minimum absolute atomic E-state index is 0.0908. The Morgan fingerprint density at radius 3 is 2.50 bits per heavy atom. The molecule has 0 fully saturated rings. The molecular weight excluding hydrogens is 157 g/mol. The minimum atomic E-state index is 0.0908. The van der Waals surface area contributed by atoms with E-state index in [1.165, 1.54) is 0 Å². The average molecular weight is 171 g/mol. The van der Waals surface area contributed by atoms with Gasteiger partial charge in [-0.2, -0.15) is 0 Å². The van der Waals surface area contributed by atoms with Gasteiger partial charge in [0.25, 0.3) is 0 Å². The van der Waals surface area contributed by atoms with Crippen LogP contribution in [0.3, 0.4) is 0 Å². The number of aromatic nitrogens is 3. The summed E-state index contributed by atoms with van der Waals surface area (Å²) in [6.07, 6.45) is 1.54. The van der Waals surface area contributed by atoms with Crippen molar-refractivity contribution in [1.29, 1.82) is 0 Å². The van der Waals surface area contributed by atoms with Crippen LogP contribution >= 0.6 is 0 Å². The monoisotopic (exact) mass is 171 g/mol. The molecule has 0 aliphatic carbocycles. The fourth-order valence-electron chi connectivity index (χ4n) is 1.03. The summed E-state index contributed by atoms with van der Waals surface area (Å²) in [6.45, 7) is 5.79. The van der Waals surface area contributed by atoms with E-state index in [9.17, 15) is 4.48 Å². The van der Waals surface area contributed by atoms with Crippen molar-refractivity contribution in [2.45, 2.75) is 39.5 Å². The molecular formula is C8H14FN3. The van der Waals surface area contributed by atoms with E-state index >= 15 is 0 Å². The maximum atomic E-state index is 13.3. The molecule has 0 amide bonds. The summed E-state index contributed by atoms with van der Waals surface area (Å²) in [5, 5.41) is 7.54. The van der Waals surface area contributed by atoms with Gasteiger partial charge in [-0.05, 0) is 6.42 Å². The first-order chi connectivity index (χ1) is 5.66. The zero-order valence-corrected chi connectivity index (χ0v) is 7.71. The third-order valence-electron chi connectivity index (χ3n) is 1.69. The molecule has 1 aromatic rings. The van der Waals surface area contributed by atoms with E-state index in [2.05, 4.69) is 10.2 Å². The molecule has 3 nitrogen and oxygen atoms in total. The predicted octanol–water partition coefficient (Wildman–Crippen LogP) is 2.09. The van der Waals surface area contributed by atoms with Crippen molar-refractivity contribution in [2.75, 3.05) is 0 Å². The van der Waals surface area contributed by atoms with E-state index in [0.29, 0.717) is 22.9 Å². The van der Waals surface area contributed by atoms with Crippen LogP contribution in [0.1, 0.15) is 44.8 Å². The molecule has 0 radical (unpaired) electrons. The topological polar surface area (TPSA) is 30.7 Å². The Bertz CT molecular complexity index is 255. The molecule has 0 bridgehead atoms. The molecule has 0 aliphatic rings. The summed E-state index contributed by atoms with van der Waals surface area (Å²) in [5.41, 5.74) is 0. The van der Waals surface area contributed by atoms with Crippen molar-refractivity contribution in [1.82, 2.24) is 15.0 Å². The van der Waals surface area contributed by atoms with E-state index < -0.39 is 0 Å². The Hall–Kier alpha value is -0.930. The molecule has 0 saturated carbocycles. The maximum absolute atomic E-state index is 13.3. The Labute approximate surface area is 71.5 Å². The normalized spacial score (nSPS) is 11.1. The van der Waals surface area contributed by atoms with Crippen LogP contribution in [0.25, 0.3) is 0 Å². The van der Waals surface area contributed by atoms with Gasteiger partial charge in [-0.25, -0.2) is 0 Å². The SMILES string of the molecule is CCCc1nnc(C(C)C)n1F. The highest BCUT2D eigenvalue weighted by Crippen LogP contribution is 2.13. The molecule has 0 aromatic carbocycles. The Morgan fingerprint density at radius 2 is 2.08 bits per heavy atom. The Morgan fingerprint density at radius 1 is 1.42 bits per heavy atom. The van der Waals surface area contributed by atoms with E-state index in [-0.39, 0.29) is 5.92 Å². The number of rotatable bonds is 3. The van der Waals surface area contributed by atoms with Gasteiger partial charge >= 0.3 is 0 Å². The van der Waals surface area contributed by atoms with Crippen LogP contribution in [-0.4, -0.2) is 15.0 Å². The van der Waals surface area contributed by atoms with Crippen molar-refractivity contribution in [3.63, 3.8) is 0 Å². The van der Waals surface area contributed by atoms with Crippen molar-refractivity contribution in [3.05, 3.63) is 11.6 Å². The molecule has 0 aliphatic heterocycles. The summed E-state index contributed by atoms with van der Waals surface area (Å²) in [5.74, 6) is 0.938. The van der Waals surface area contributed by atoms with Crippen LogP contribution in [0.4, 0.5) is 4.48 Å². The predicted molar refractivity (Wildman–Crippen MR) is 44.6 cm³/mol. The van der Waals surface area contributed by atoms with Gasteiger partial charge in [0.15, 0.2) is 11.6 Å². The second-order valence-electron chi connectivity index (χ2n) is 3.16. The lowest BCUT2D eigenvalue weighted by molar-refractivity contribution is 0.328. The van der Waals surface area contributed by atoms with Crippen LogP contribution < -0.4 is 0 Å². The average Bonchev–Trinajstić information content (AvgIpc) is 2.34. The van der Waals surface area contributed by atoms with Gasteiger partial charge < -0.3 is 0 Å². The van der Waals surface area contributed by atoms with Crippen LogP contribution in [-0.2, 0) is 6.42 Å². The number of aryl methyl sites for hydroxylation is 1. The zero-order valence-electron chi connectivity index (χ0n) is 7.71. The van der Waals surface area contributed by atoms with Crippen molar-refractivity contribution in [3.8, 4) is 0 Å². The maximum Gasteiger partial charge on any atom is 0.166 e. The molecule has 0 atom stereocenters. The largest absolute Gasteiger partial charge is 0.166 e. The summed E-state index contributed by atoms with van der Waals surface area (Å²) in [7, 11) is 0. The first kappa shape index (κ1) is 9.16. The molecule has 0 spiro atoms. The fourth-order valence-corrected chi connectivity index (χ4v) is 1.03. The molecule has 0 saturated heterocycles. The molecule has 0 N–H and O–H groups in total. The second-order valence-corrected chi connectivity index (χ2v) is 3.16. The van der Waals surface area contributed by atoms with Crippen molar-refractivity contribution < 1.29 is 4.48 Å². The minimum Gasteiger partial charge on any atom is -0.147 e. The third kappa shape index (κ3) is 1.62. The number of nitrogens with zero attached hydrogens (tertiary/aromatic N) is 3. The molecule has 68 valence electrons. The second kappa shape index (κ2) is 3.65. The molecule has 4 heteroatoms. The van der Waals surface area contributed by atoms with Gasteiger partial charge in [0.2, 0.25) is 0 Å². The van der Waals surface area contributed by atoms with Crippen LogP contribution in [0.5, 0.6) is 0 Å². The lowest BCUT2D eigenvalue weighted by atomic mass is 10.2. The number of halogens is 1. The highest BCUT2D eigenvalue weighted by molar-refractivity contribution is 4.97.